The molecule has 0 saturated heterocycles. The van der Waals surface area contributed by atoms with Gasteiger partial charge in [-0.25, -0.2) is 4.98 Å². The number of hydrogen-bond acceptors (Lipinski definition) is 3. The van der Waals surface area contributed by atoms with Gasteiger partial charge in [-0.15, -0.1) is 11.3 Å². The van der Waals surface area contributed by atoms with Gasteiger partial charge in [0, 0.05) is 18.8 Å². The molecule has 3 heteroatoms. The third kappa shape index (κ3) is 3.92. The van der Waals surface area contributed by atoms with Crippen molar-refractivity contribution >= 4 is 39.4 Å². The minimum absolute atomic E-state index is 1.04. The quantitative estimate of drug-likeness (QED) is 0.524. The lowest BCUT2D eigenvalue weighted by molar-refractivity contribution is 0.866. The van der Waals surface area contributed by atoms with E-state index in [1.165, 1.54) is 16.0 Å². The zero-order valence-corrected chi connectivity index (χ0v) is 15.0. The number of nitrogens with zero attached hydrogens (tertiary/aromatic N) is 2. The summed E-state index contributed by atoms with van der Waals surface area (Å²) in [6.45, 7) is 6.45. The fourth-order valence-electron chi connectivity index (χ4n) is 2.65. The lowest BCUT2D eigenvalue weighted by Gasteiger charge is -2.20. The fourth-order valence-corrected chi connectivity index (χ4v) is 3.53. The molecule has 0 aliphatic carbocycles. The average molecular weight is 334 g/mol. The summed E-state index contributed by atoms with van der Waals surface area (Å²) in [5, 5.41) is 1.04. The minimum Gasteiger partial charge on any atom is -0.372 e. The monoisotopic (exact) mass is 334 g/mol. The number of rotatable bonds is 6. The van der Waals surface area contributed by atoms with Crippen molar-refractivity contribution in [1.29, 1.82) is 0 Å². The molecular formula is C21H22N2S. The van der Waals surface area contributed by atoms with Crippen molar-refractivity contribution in [3.05, 3.63) is 71.3 Å². The van der Waals surface area contributed by atoms with Gasteiger partial charge in [0.05, 0.1) is 10.2 Å². The van der Waals surface area contributed by atoms with Crippen LogP contribution < -0.4 is 4.90 Å². The highest BCUT2D eigenvalue weighted by molar-refractivity contribution is 7.19. The molecule has 0 bridgehead atoms. The van der Waals surface area contributed by atoms with Crippen molar-refractivity contribution < 1.29 is 0 Å². The summed E-state index contributed by atoms with van der Waals surface area (Å²) < 4.78 is 1.23. The highest BCUT2D eigenvalue weighted by Gasteiger charge is 2.00. The van der Waals surface area contributed by atoms with E-state index in [4.69, 9.17) is 0 Å². The van der Waals surface area contributed by atoms with E-state index in [1.807, 2.05) is 6.07 Å². The van der Waals surface area contributed by atoms with Gasteiger partial charge in [0.2, 0.25) is 0 Å². The number of fused-ring (bicyclic) bond motifs is 1. The molecule has 1 heterocycles. The summed E-state index contributed by atoms with van der Waals surface area (Å²) in [4.78, 5) is 6.95. The highest BCUT2D eigenvalue weighted by Crippen LogP contribution is 2.22. The maximum absolute atomic E-state index is 4.60. The molecule has 0 N–H and O–H groups in total. The van der Waals surface area contributed by atoms with Gasteiger partial charge >= 0.3 is 0 Å². The molecule has 24 heavy (non-hydrogen) atoms. The van der Waals surface area contributed by atoms with Crippen molar-refractivity contribution in [3.8, 4) is 0 Å². The molecule has 0 atom stereocenters. The molecule has 3 rings (SSSR count). The predicted molar refractivity (Wildman–Crippen MR) is 108 cm³/mol. The smallest absolute Gasteiger partial charge is 0.117 e. The van der Waals surface area contributed by atoms with Crippen molar-refractivity contribution in [3.63, 3.8) is 0 Å². The van der Waals surface area contributed by atoms with Crippen LogP contribution in [0, 0.1) is 0 Å². The highest BCUT2D eigenvalue weighted by atomic mass is 32.1. The summed E-state index contributed by atoms with van der Waals surface area (Å²) in [6, 6.07) is 16.9. The Morgan fingerprint density at radius 1 is 0.917 bits per heavy atom. The van der Waals surface area contributed by atoms with Gasteiger partial charge in [0.15, 0.2) is 0 Å². The fraction of sp³-hybridized carbons (Fsp3) is 0.190. The summed E-state index contributed by atoms with van der Waals surface area (Å²) in [5.74, 6) is 0. The zero-order chi connectivity index (χ0) is 16.8. The largest absolute Gasteiger partial charge is 0.372 e. The molecule has 0 spiro atoms. The van der Waals surface area contributed by atoms with Crippen LogP contribution >= 0.6 is 11.3 Å². The van der Waals surface area contributed by atoms with Gasteiger partial charge in [0.25, 0.3) is 0 Å². The summed E-state index contributed by atoms with van der Waals surface area (Å²) in [6.07, 6.45) is 8.30. The van der Waals surface area contributed by atoms with Crippen LogP contribution in [0.4, 0.5) is 5.69 Å². The standard InChI is InChI=1S/C21H22N2S/c1-3-23(4-2)18-15-13-17(14-16-18)9-5-8-12-21-22-19-10-6-7-11-20(19)24-21/h5-16H,3-4H2,1-2H3. The van der Waals surface area contributed by atoms with E-state index >= 15 is 0 Å². The normalized spacial score (nSPS) is 11.8. The number of anilines is 1. The molecule has 0 aliphatic heterocycles. The molecule has 0 amide bonds. The Bertz CT molecular complexity index is 807. The van der Waals surface area contributed by atoms with Gasteiger partial charge in [-0.2, -0.15) is 0 Å². The minimum atomic E-state index is 1.04. The van der Waals surface area contributed by atoms with Crippen molar-refractivity contribution in [2.45, 2.75) is 13.8 Å². The second-order valence-corrected chi connectivity index (χ2v) is 6.56. The average Bonchev–Trinajstić information content (AvgIpc) is 3.04. The molecule has 0 saturated carbocycles. The number of para-hydroxylation sites is 1. The first-order chi connectivity index (χ1) is 11.8. The van der Waals surface area contributed by atoms with Gasteiger partial charge in [-0.1, -0.05) is 42.5 Å². The first-order valence-electron chi connectivity index (χ1n) is 8.35. The summed E-state index contributed by atoms with van der Waals surface area (Å²) in [7, 11) is 0. The SMILES string of the molecule is CCN(CC)c1ccc(C=CC=Cc2nc3ccccc3s2)cc1. The summed E-state index contributed by atoms with van der Waals surface area (Å²) in [5.41, 5.74) is 3.56. The molecule has 0 unspecified atom stereocenters. The molecule has 122 valence electrons. The zero-order valence-electron chi connectivity index (χ0n) is 14.1. The van der Waals surface area contributed by atoms with Crippen LogP contribution in [-0.4, -0.2) is 18.1 Å². The van der Waals surface area contributed by atoms with Crippen molar-refractivity contribution in [2.75, 3.05) is 18.0 Å². The molecule has 0 aliphatic rings. The Hall–Kier alpha value is -2.39. The third-order valence-electron chi connectivity index (χ3n) is 3.97. The molecule has 3 aromatic rings. The number of thiazole rings is 1. The van der Waals surface area contributed by atoms with E-state index in [-0.39, 0.29) is 0 Å². The second kappa shape index (κ2) is 7.93. The maximum Gasteiger partial charge on any atom is 0.117 e. The lowest BCUT2D eigenvalue weighted by Crippen LogP contribution is -2.21. The van der Waals surface area contributed by atoms with E-state index in [9.17, 15) is 0 Å². The second-order valence-electron chi connectivity index (χ2n) is 5.50. The Morgan fingerprint density at radius 2 is 1.62 bits per heavy atom. The number of hydrogen-bond donors (Lipinski definition) is 0. The first kappa shape index (κ1) is 16.5. The molecule has 2 aromatic carbocycles. The first-order valence-corrected chi connectivity index (χ1v) is 9.17. The van der Waals surface area contributed by atoms with Crippen molar-refractivity contribution in [2.24, 2.45) is 0 Å². The van der Waals surface area contributed by atoms with E-state index in [2.05, 4.69) is 90.5 Å². The number of aromatic nitrogens is 1. The Morgan fingerprint density at radius 3 is 2.33 bits per heavy atom. The Kier molecular flexibility index (Phi) is 5.44. The number of benzene rings is 2. The summed E-state index contributed by atoms with van der Waals surface area (Å²) >= 11 is 1.72. The number of allylic oxidation sites excluding steroid dienone is 2. The van der Waals surface area contributed by atoms with E-state index in [0.29, 0.717) is 0 Å². The Balaban J connectivity index is 1.65. The van der Waals surface area contributed by atoms with Gasteiger partial charge in [0.1, 0.15) is 5.01 Å². The van der Waals surface area contributed by atoms with Crippen LogP contribution in [0.3, 0.4) is 0 Å². The van der Waals surface area contributed by atoms with Gasteiger partial charge in [-0.05, 0) is 49.8 Å². The van der Waals surface area contributed by atoms with Gasteiger partial charge in [-0.3, -0.25) is 0 Å². The predicted octanol–water partition coefficient (Wildman–Crippen LogP) is 5.87. The van der Waals surface area contributed by atoms with E-state index in [0.717, 1.165) is 23.6 Å². The van der Waals surface area contributed by atoms with Crippen LogP contribution in [0.25, 0.3) is 22.4 Å². The third-order valence-corrected chi connectivity index (χ3v) is 4.97. The molecule has 0 fully saturated rings. The maximum atomic E-state index is 4.60. The van der Waals surface area contributed by atoms with E-state index in [1.54, 1.807) is 11.3 Å². The molecular weight excluding hydrogens is 312 g/mol. The lowest BCUT2D eigenvalue weighted by atomic mass is 10.2. The van der Waals surface area contributed by atoms with Crippen molar-refractivity contribution in [1.82, 2.24) is 4.98 Å². The van der Waals surface area contributed by atoms with Crippen LogP contribution in [0.2, 0.25) is 0 Å². The molecule has 2 nitrogen and oxygen atoms in total. The van der Waals surface area contributed by atoms with E-state index < -0.39 is 0 Å². The Labute approximate surface area is 147 Å². The topological polar surface area (TPSA) is 16.1 Å². The van der Waals surface area contributed by atoms with Crippen LogP contribution in [0.15, 0.2) is 60.7 Å². The van der Waals surface area contributed by atoms with Gasteiger partial charge < -0.3 is 4.90 Å². The van der Waals surface area contributed by atoms with Crippen LogP contribution in [0.1, 0.15) is 24.4 Å². The molecule has 0 radical (unpaired) electrons. The van der Waals surface area contributed by atoms with Crippen LogP contribution in [-0.2, 0) is 0 Å². The molecule has 1 aromatic heterocycles. The van der Waals surface area contributed by atoms with Crippen LogP contribution in [0.5, 0.6) is 0 Å².